The molecule has 2 rings (SSSR count). The summed E-state index contributed by atoms with van der Waals surface area (Å²) in [6, 6.07) is 0. The van der Waals surface area contributed by atoms with Crippen molar-refractivity contribution in [3.05, 3.63) is 12.1 Å². The van der Waals surface area contributed by atoms with Gasteiger partial charge in [0.15, 0.2) is 0 Å². The van der Waals surface area contributed by atoms with Crippen LogP contribution in [0.25, 0.3) is 0 Å². The number of oxazole rings is 1. The van der Waals surface area contributed by atoms with Crippen molar-refractivity contribution in [2.75, 3.05) is 6.61 Å². The molecule has 0 unspecified atom stereocenters. The largest absolute Gasteiger partial charge is 0.464 e. The molecule has 1 aromatic rings. The minimum atomic E-state index is 0.536. The molecule has 3 heteroatoms. The number of hydrogen-bond donors (Lipinski definition) is 0. The lowest BCUT2D eigenvalue weighted by Crippen LogP contribution is -1.91. The molecular formula is C10H15NO2. The third-order valence-electron chi connectivity index (χ3n) is 2.49. The predicted molar refractivity (Wildman–Crippen MR) is 48.9 cm³/mol. The maximum Gasteiger partial charge on any atom is 0.305 e. The van der Waals surface area contributed by atoms with E-state index in [-0.39, 0.29) is 0 Å². The van der Waals surface area contributed by atoms with Gasteiger partial charge in [-0.2, -0.15) is 0 Å². The zero-order valence-electron chi connectivity index (χ0n) is 7.95. The van der Waals surface area contributed by atoms with Crippen LogP contribution in [-0.4, -0.2) is 11.6 Å². The van der Waals surface area contributed by atoms with Crippen LogP contribution in [0.1, 0.15) is 44.4 Å². The molecular weight excluding hydrogens is 166 g/mol. The quantitative estimate of drug-likeness (QED) is 0.719. The Kier molecular flexibility index (Phi) is 2.52. The lowest BCUT2D eigenvalue weighted by molar-refractivity contribution is 0.245. The van der Waals surface area contributed by atoms with E-state index in [4.69, 9.17) is 9.15 Å². The van der Waals surface area contributed by atoms with E-state index < -0.39 is 0 Å². The standard InChI is InChI=1S/C10H15NO2/c1-2-12-9-7-11-10(13-9)8-5-3-4-6-8/h7-8H,2-6H2,1H3. The monoisotopic (exact) mass is 181 g/mol. The normalized spacial score (nSPS) is 17.9. The van der Waals surface area contributed by atoms with Gasteiger partial charge in [0.05, 0.1) is 6.61 Å². The Balaban J connectivity index is 2.03. The number of nitrogens with zero attached hydrogens (tertiary/aromatic N) is 1. The molecule has 72 valence electrons. The van der Waals surface area contributed by atoms with E-state index in [1.54, 1.807) is 6.20 Å². The fraction of sp³-hybridized carbons (Fsp3) is 0.700. The molecule has 1 fully saturated rings. The number of rotatable bonds is 3. The second kappa shape index (κ2) is 3.81. The van der Waals surface area contributed by atoms with Gasteiger partial charge in [-0.05, 0) is 19.8 Å². The van der Waals surface area contributed by atoms with Gasteiger partial charge in [0.25, 0.3) is 0 Å². The van der Waals surface area contributed by atoms with Crippen molar-refractivity contribution in [3.63, 3.8) is 0 Å². The van der Waals surface area contributed by atoms with Crippen molar-refractivity contribution in [1.82, 2.24) is 4.98 Å². The Morgan fingerprint density at radius 3 is 3.00 bits per heavy atom. The van der Waals surface area contributed by atoms with Crippen LogP contribution in [0.15, 0.2) is 10.6 Å². The van der Waals surface area contributed by atoms with Crippen LogP contribution in [0.2, 0.25) is 0 Å². The smallest absolute Gasteiger partial charge is 0.305 e. The first-order valence-corrected chi connectivity index (χ1v) is 4.98. The summed E-state index contributed by atoms with van der Waals surface area (Å²) in [6.45, 7) is 2.58. The van der Waals surface area contributed by atoms with Gasteiger partial charge in [0.1, 0.15) is 6.20 Å². The molecule has 0 aromatic carbocycles. The third kappa shape index (κ3) is 1.85. The SMILES string of the molecule is CCOc1cnc(C2CCCC2)o1. The summed E-state index contributed by atoms with van der Waals surface area (Å²) in [4.78, 5) is 4.23. The number of ether oxygens (including phenoxy) is 1. The van der Waals surface area contributed by atoms with Crippen LogP contribution in [0.4, 0.5) is 0 Å². The van der Waals surface area contributed by atoms with E-state index in [1.807, 2.05) is 6.92 Å². The van der Waals surface area contributed by atoms with Gasteiger partial charge in [0.2, 0.25) is 5.89 Å². The molecule has 0 N–H and O–H groups in total. The summed E-state index contributed by atoms with van der Waals surface area (Å²) in [5.41, 5.74) is 0. The Hall–Kier alpha value is -0.990. The van der Waals surface area contributed by atoms with Crippen molar-refractivity contribution in [1.29, 1.82) is 0 Å². The maximum absolute atomic E-state index is 5.47. The van der Waals surface area contributed by atoms with Crippen LogP contribution in [0.3, 0.4) is 0 Å². The first-order chi connectivity index (χ1) is 6.40. The topological polar surface area (TPSA) is 35.3 Å². The first kappa shape index (κ1) is 8.60. The molecule has 1 aromatic heterocycles. The Labute approximate surface area is 78.1 Å². The third-order valence-corrected chi connectivity index (χ3v) is 2.49. The Morgan fingerprint density at radius 2 is 2.31 bits per heavy atom. The van der Waals surface area contributed by atoms with Crippen molar-refractivity contribution in [3.8, 4) is 5.95 Å². The van der Waals surface area contributed by atoms with E-state index >= 15 is 0 Å². The van der Waals surface area contributed by atoms with Crippen LogP contribution in [-0.2, 0) is 0 Å². The zero-order valence-corrected chi connectivity index (χ0v) is 7.95. The van der Waals surface area contributed by atoms with Crippen molar-refractivity contribution >= 4 is 0 Å². The minimum Gasteiger partial charge on any atom is -0.464 e. The lowest BCUT2D eigenvalue weighted by Gasteiger charge is -2.01. The summed E-state index contributed by atoms with van der Waals surface area (Å²) in [7, 11) is 0. The fourth-order valence-electron chi connectivity index (χ4n) is 1.84. The van der Waals surface area contributed by atoms with Gasteiger partial charge in [-0.3, -0.25) is 0 Å². The van der Waals surface area contributed by atoms with Crippen molar-refractivity contribution in [2.45, 2.75) is 38.5 Å². The van der Waals surface area contributed by atoms with Gasteiger partial charge in [-0.15, -0.1) is 0 Å². The van der Waals surface area contributed by atoms with Gasteiger partial charge < -0.3 is 9.15 Å². The van der Waals surface area contributed by atoms with Crippen LogP contribution >= 0.6 is 0 Å². The summed E-state index contributed by atoms with van der Waals surface area (Å²) >= 11 is 0. The highest BCUT2D eigenvalue weighted by molar-refractivity contribution is 5.04. The van der Waals surface area contributed by atoms with Crippen molar-refractivity contribution < 1.29 is 9.15 Å². The highest BCUT2D eigenvalue weighted by Crippen LogP contribution is 2.34. The molecule has 0 radical (unpaired) electrons. The Bertz CT molecular complexity index is 264. The van der Waals surface area contributed by atoms with E-state index in [0.29, 0.717) is 18.5 Å². The molecule has 13 heavy (non-hydrogen) atoms. The summed E-state index contributed by atoms with van der Waals surface area (Å²) in [5.74, 6) is 1.96. The first-order valence-electron chi connectivity index (χ1n) is 4.98. The molecule has 1 saturated carbocycles. The van der Waals surface area contributed by atoms with Crippen LogP contribution < -0.4 is 4.74 Å². The van der Waals surface area contributed by atoms with E-state index in [1.165, 1.54) is 25.7 Å². The van der Waals surface area contributed by atoms with E-state index in [2.05, 4.69) is 4.98 Å². The second-order valence-corrected chi connectivity index (χ2v) is 3.43. The maximum atomic E-state index is 5.47. The number of hydrogen-bond acceptors (Lipinski definition) is 3. The molecule has 1 aliphatic carbocycles. The summed E-state index contributed by atoms with van der Waals surface area (Å²) in [5, 5.41) is 0. The summed E-state index contributed by atoms with van der Waals surface area (Å²) in [6.07, 6.45) is 6.71. The van der Waals surface area contributed by atoms with Crippen LogP contribution in [0, 0.1) is 0 Å². The molecule has 0 spiro atoms. The van der Waals surface area contributed by atoms with E-state index in [0.717, 1.165) is 5.89 Å². The van der Waals surface area contributed by atoms with Gasteiger partial charge in [-0.25, -0.2) is 4.98 Å². The molecule has 0 amide bonds. The highest BCUT2D eigenvalue weighted by atomic mass is 16.6. The molecule has 1 heterocycles. The van der Waals surface area contributed by atoms with Gasteiger partial charge >= 0.3 is 5.95 Å². The lowest BCUT2D eigenvalue weighted by atomic mass is 10.1. The number of aromatic nitrogens is 1. The molecule has 1 aliphatic rings. The van der Waals surface area contributed by atoms with Gasteiger partial charge in [-0.1, -0.05) is 12.8 Å². The fourth-order valence-corrected chi connectivity index (χ4v) is 1.84. The molecule has 0 atom stereocenters. The van der Waals surface area contributed by atoms with Crippen molar-refractivity contribution in [2.24, 2.45) is 0 Å². The van der Waals surface area contributed by atoms with Crippen LogP contribution in [0.5, 0.6) is 5.95 Å². The van der Waals surface area contributed by atoms with Gasteiger partial charge in [0, 0.05) is 5.92 Å². The molecule has 0 aliphatic heterocycles. The molecule has 0 bridgehead atoms. The molecule has 0 saturated heterocycles. The minimum absolute atomic E-state index is 0.536. The second-order valence-electron chi connectivity index (χ2n) is 3.43. The van der Waals surface area contributed by atoms with E-state index in [9.17, 15) is 0 Å². The predicted octanol–water partition coefficient (Wildman–Crippen LogP) is 2.73. The molecule has 3 nitrogen and oxygen atoms in total. The average molecular weight is 181 g/mol. The zero-order chi connectivity index (χ0) is 9.10. The summed E-state index contributed by atoms with van der Waals surface area (Å²) < 4.78 is 10.7. The Morgan fingerprint density at radius 1 is 1.54 bits per heavy atom. The highest BCUT2D eigenvalue weighted by Gasteiger charge is 2.21. The average Bonchev–Trinajstić information content (AvgIpc) is 2.70.